The van der Waals surface area contributed by atoms with Gasteiger partial charge in [-0.1, -0.05) is 0 Å². The fourth-order valence-corrected chi connectivity index (χ4v) is 2.37. The number of nitrogens with zero attached hydrogens (tertiary/aromatic N) is 2. The molecule has 1 aromatic carbocycles. The molecule has 0 saturated carbocycles. The smallest absolute Gasteiger partial charge is 0.332 e. The third-order valence-corrected chi connectivity index (χ3v) is 4.02. The van der Waals surface area contributed by atoms with Gasteiger partial charge >= 0.3 is 5.69 Å². The summed E-state index contributed by atoms with van der Waals surface area (Å²) >= 11 is 0. The Labute approximate surface area is 157 Å². The monoisotopic (exact) mass is 378 g/mol. The Morgan fingerprint density at radius 2 is 1.74 bits per heavy atom. The lowest BCUT2D eigenvalue weighted by Crippen LogP contribution is -2.38. The van der Waals surface area contributed by atoms with Crippen LogP contribution < -0.4 is 31.4 Å². The second kappa shape index (κ2) is 9.79. The van der Waals surface area contributed by atoms with E-state index in [1.54, 1.807) is 38.4 Å². The Balaban J connectivity index is 1.67. The van der Waals surface area contributed by atoms with Crippen molar-refractivity contribution in [2.75, 3.05) is 38.7 Å². The molecule has 27 heavy (non-hydrogen) atoms. The number of hydrogen-bond donors (Lipinski definition) is 3. The number of anilines is 1. The summed E-state index contributed by atoms with van der Waals surface area (Å²) in [7, 11) is 4.63. The van der Waals surface area contributed by atoms with Crippen LogP contribution in [0.3, 0.4) is 0 Å². The van der Waals surface area contributed by atoms with Gasteiger partial charge in [-0.15, -0.1) is 0 Å². The van der Waals surface area contributed by atoms with Crippen LogP contribution in [0.4, 0.5) is 5.82 Å². The average molecular weight is 378 g/mol. The molecule has 0 radical (unpaired) electrons. The number of hydrogen-bond acceptors (Lipinski definition) is 7. The van der Waals surface area contributed by atoms with Gasteiger partial charge in [0.15, 0.2) is 0 Å². The summed E-state index contributed by atoms with van der Waals surface area (Å²) in [5, 5.41) is 16.1. The molecular formula is C18H26N4O5. The molecule has 2 rings (SSSR count). The zero-order valence-electron chi connectivity index (χ0n) is 15.8. The number of ether oxygens (including phenoxy) is 2. The highest BCUT2D eigenvalue weighted by atomic mass is 16.5. The SMILES string of the molecule is COc1ccc(OCC(O)CNCCNc2cc(=O)n(C)c(=O)n2C)cc1. The summed E-state index contributed by atoms with van der Waals surface area (Å²) < 4.78 is 13.0. The van der Waals surface area contributed by atoms with E-state index in [9.17, 15) is 14.7 Å². The minimum atomic E-state index is -0.666. The maximum Gasteiger partial charge on any atom is 0.332 e. The van der Waals surface area contributed by atoms with Crippen LogP contribution >= 0.6 is 0 Å². The van der Waals surface area contributed by atoms with Crippen molar-refractivity contribution in [3.8, 4) is 11.5 Å². The van der Waals surface area contributed by atoms with Gasteiger partial charge in [-0.25, -0.2) is 4.79 Å². The first-order valence-electron chi connectivity index (χ1n) is 8.59. The van der Waals surface area contributed by atoms with Gasteiger partial charge in [-0.3, -0.25) is 13.9 Å². The summed E-state index contributed by atoms with van der Waals surface area (Å²) in [6.45, 7) is 1.55. The lowest BCUT2D eigenvalue weighted by Gasteiger charge is -2.15. The molecule has 1 unspecified atom stereocenters. The number of aliphatic hydroxyl groups excluding tert-OH is 1. The summed E-state index contributed by atoms with van der Waals surface area (Å²) in [4.78, 5) is 23.5. The van der Waals surface area contributed by atoms with E-state index in [0.29, 0.717) is 31.2 Å². The quantitative estimate of drug-likeness (QED) is 0.480. The van der Waals surface area contributed by atoms with Gasteiger partial charge in [0, 0.05) is 39.8 Å². The van der Waals surface area contributed by atoms with E-state index in [1.165, 1.54) is 17.7 Å². The first kappa shape index (κ1) is 20.5. The molecule has 9 heteroatoms. The molecule has 2 aromatic rings. The molecule has 0 aliphatic carbocycles. The Morgan fingerprint density at radius 3 is 2.41 bits per heavy atom. The third-order valence-electron chi connectivity index (χ3n) is 4.02. The van der Waals surface area contributed by atoms with E-state index < -0.39 is 6.10 Å². The van der Waals surface area contributed by atoms with Gasteiger partial charge in [0.1, 0.15) is 30.0 Å². The second-order valence-corrected chi connectivity index (χ2v) is 6.04. The van der Waals surface area contributed by atoms with Crippen LogP contribution in [-0.4, -0.2) is 53.7 Å². The largest absolute Gasteiger partial charge is 0.497 e. The summed E-state index contributed by atoms with van der Waals surface area (Å²) in [6, 6.07) is 8.50. The Hall–Kier alpha value is -2.78. The van der Waals surface area contributed by atoms with Gasteiger partial charge in [0.2, 0.25) is 0 Å². The van der Waals surface area contributed by atoms with Crippen molar-refractivity contribution in [3.63, 3.8) is 0 Å². The third kappa shape index (κ3) is 5.87. The molecule has 1 aromatic heterocycles. The van der Waals surface area contributed by atoms with Gasteiger partial charge < -0.3 is 25.2 Å². The predicted molar refractivity (Wildman–Crippen MR) is 103 cm³/mol. The molecular weight excluding hydrogens is 352 g/mol. The Kier molecular flexibility index (Phi) is 7.44. The molecule has 0 amide bonds. The molecule has 1 atom stereocenters. The van der Waals surface area contributed by atoms with Gasteiger partial charge in [0.05, 0.1) is 7.11 Å². The van der Waals surface area contributed by atoms with Crippen LogP contribution in [0.25, 0.3) is 0 Å². The first-order valence-corrected chi connectivity index (χ1v) is 8.59. The number of benzene rings is 1. The molecule has 0 aliphatic rings. The van der Waals surface area contributed by atoms with Crippen LogP contribution in [0, 0.1) is 0 Å². The lowest BCUT2D eigenvalue weighted by molar-refractivity contribution is 0.107. The number of rotatable bonds is 10. The topological polar surface area (TPSA) is 107 Å². The number of nitrogens with one attached hydrogen (secondary N) is 2. The molecule has 0 saturated heterocycles. The fourth-order valence-electron chi connectivity index (χ4n) is 2.37. The number of methoxy groups -OCH3 is 1. The zero-order chi connectivity index (χ0) is 19.8. The first-order chi connectivity index (χ1) is 12.9. The molecule has 0 fully saturated rings. The van der Waals surface area contributed by atoms with Crippen molar-refractivity contribution >= 4 is 5.82 Å². The van der Waals surface area contributed by atoms with E-state index in [-0.39, 0.29) is 17.9 Å². The van der Waals surface area contributed by atoms with Crippen molar-refractivity contribution < 1.29 is 14.6 Å². The van der Waals surface area contributed by atoms with Crippen LogP contribution in [0.15, 0.2) is 39.9 Å². The van der Waals surface area contributed by atoms with Crippen LogP contribution in [0.1, 0.15) is 0 Å². The van der Waals surface area contributed by atoms with Gasteiger partial charge in [0.25, 0.3) is 5.56 Å². The summed E-state index contributed by atoms with van der Waals surface area (Å²) in [5.41, 5.74) is -0.747. The Morgan fingerprint density at radius 1 is 1.07 bits per heavy atom. The molecule has 9 nitrogen and oxygen atoms in total. The van der Waals surface area contributed by atoms with E-state index >= 15 is 0 Å². The lowest BCUT2D eigenvalue weighted by atomic mass is 10.3. The van der Waals surface area contributed by atoms with Crippen molar-refractivity contribution in [2.24, 2.45) is 14.1 Å². The molecule has 3 N–H and O–H groups in total. The second-order valence-electron chi connectivity index (χ2n) is 6.04. The standard InChI is InChI=1S/C18H26N4O5/c1-21-16(10-17(24)22(2)18(21)25)20-9-8-19-11-13(23)12-27-15-6-4-14(26-3)5-7-15/h4-7,10,13,19-20,23H,8-9,11-12H2,1-3H3. The minimum Gasteiger partial charge on any atom is -0.497 e. The average Bonchev–Trinajstić information content (AvgIpc) is 2.68. The van der Waals surface area contributed by atoms with Crippen LogP contribution in [0.5, 0.6) is 11.5 Å². The summed E-state index contributed by atoms with van der Waals surface area (Å²) in [6.07, 6.45) is -0.666. The highest BCUT2D eigenvalue weighted by Gasteiger charge is 2.07. The maximum absolute atomic E-state index is 11.8. The zero-order valence-corrected chi connectivity index (χ0v) is 15.8. The molecule has 0 aliphatic heterocycles. The number of aliphatic hydroxyl groups is 1. The van der Waals surface area contributed by atoms with Gasteiger partial charge in [-0.05, 0) is 24.3 Å². The van der Waals surface area contributed by atoms with Gasteiger partial charge in [-0.2, -0.15) is 0 Å². The normalized spacial score (nSPS) is 11.9. The molecule has 148 valence electrons. The van der Waals surface area contributed by atoms with E-state index in [4.69, 9.17) is 9.47 Å². The van der Waals surface area contributed by atoms with E-state index in [1.807, 2.05) is 0 Å². The van der Waals surface area contributed by atoms with E-state index in [2.05, 4.69) is 10.6 Å². The minimum absolute atomic E-state index is 0.163. The van der Waals surface area contributed by atoms with Crippen LogP contribution in [0.2, 0.25) is 0 Å². The predicted octanol–water partition coefficient (Wildman–Crippen LogP) is -0.466. The highest BCUT2D eigenvalue weighted by Crippen LogP contribution is 2.16. The molecule has 1 heterocycles. The molecule has 0 spiro atoms. The van der Waals surface area contributed by atoms with Crippen LogP contribution in [-0.2, 0) is 14.1 Å². The fraction of sp³-hybridized carbons (Fsp3) is 0.444. The van der Waals surface area contributed by atoms with Crippen molar-refractivity contribution in [2.45, 2.75) is 6.10 Å². The van der Waals surface area contributed by atoms with Crippen molar-refractivity contribution in [1.82, 2.24) is 14.5 Å². The Bertz CT molecular complexity index is 844. The number of aromatic nitrogens is 2. The summed E-state index contributed by atoms with van der Waals surface area (Å²) in [5.74, 6) is 1.85. The van der Waals surface area contributed by atoms with Crippen molar-refractivity contribution in [1.29, 1.82) is 0 Å². The van der Waals surface area contributed by atoms with Crippen molar-refractivity contribution in [3.05, 3.63) is 51.2 Å². The highest BCUT2D eigenvalue weighted by molar-refractivity contribution is 5.33. The molecule has 0 bridgehead atoms. The van der Waals surface area contributed by atoms with E-state index in [0.717, 1.165) is 10.3 Å². The maximum atomic E-state index is 11.8.